The summed E-state index contributed by atoms with van der Waals surface area (Å²) in [5.74, 6) is -1.24. The lowest BCUT2D eigenvalue weighted by Gasteiger charge is -1.85. The number of aromatic amines is 1. The Labute approximate surface area is 68.1 Å². The van der Waals surface area contributed by atoms with Crippen molar-refractivity contribution < 1.29 is 18.3 Å². The van der Waals surface area contributed by atoms with Crippen molar-refractivity contribution in [1.82, 2.24) is 10.2 Å². The van der Waals surface area contributed by atoms with Crippen molar-refractivity contribution in [2.75, 3.05) is 6.26 Å². The number of sulfone groups is 1. The predicted octanol–water partition coefficient (Wildman–Crippen LogP) is -0.489. The van der Waals surface area contributed by atoms with Crippen molar-refractivity contribution in [3.63, 3.8) is 0 Å². The van der Waals surface area contributed by atoms with Gasteiger partial charge in [-0.1, -0.05) is 0 Å². The number of carboxylic acid groups (broad SMARTS) is 1. The number of rotatable bonds is 2. The van der Waals surface area contributed by atoms with Crippen molar-refractivity contribution in [1.29, 1.82) is 0 Å². The monoisotopic (exact) mass is 190 g/mol. The van der Waals surface area contributed by atoms with Gasteiger partial charge in [-0.3, -0.25) is 5.10 Å². The summed E-state index contributed by atoms with van der Waals surface area (Å²) in [4.78, 5) is 10.3. The van der Waals surface area contributed by atoms with E-state index in [2.05, 4.69) is 10.2 Å². The van der Waals surface area contributed by atoms with Gasteiger partial charge in [0.1, 0.15) is 5.69 Å². The SMILES string of the molecule is CS(=O)(=O)c1cc(C(=O)O)[nH]n1. The molecule has 0 spiro atoms. The first-order valence-corrected chi connectivity index (χ1v) is 4.79. The normalized spacial score (nSPS) is 11.4. The number of aromatic nitrogens is 2. The van der Waals surface area contributed by atoms with E-state index in [4.69, 9.17) is 5.11 Å². The number of H-pyrrole nitrogens is 1. The summed E-state index contributed by atoms with van der Waals surface area (Å²) in [6, 6.07) is 0.970. The van der Waals surface area contributed by atoms with Crippen LogP contribution in [0.2, 0.25) is 0 Å². The molecule has 12 heavy (non-hydrogen) atoms. The maximum absolute atomic E-state index is 10.8. The van der Waals surface area contributed by atoms with E-state index in [1.165, 1.54) is 0 Å². The lowest BCUT2D eigenvalue weighted by Crippen LogP contribution is -1.97. The lowest BCUT2D eigenvalue weighted by atomic mass is 10.4. The Morgan fingerprint density at radius 2 is 2.25 bits per heavy atom. The van der Waals surface area contributed by atoms with Crippen molar-refractivity contribution in [3.8, 4) is 0 Å². The molecule has 0 atom stereocenters. The maximum atomic E-state index is 10.8. The van der Waals surface area contributed by atoms with Crippen LogP contribution < -0.4 is 0 Å². The van der Waals surface area contributed by atoms with E-state index >= 15 is 0 Å². The van der Waals surface area contributed by atoms with Crippen LogP contribution in [0, 0.1) is 0 Å². The molecule has 0 aliphatic carbocycles. The van der Waals surface area contributed by atoms with E-state index in [9.17, 15) is 13.2 Å². The number of nitrogens with one attached hydrogen (secondary N) is 1. The largest absolute Gasteiger partial charge is 0.477 e. The molecular formula is C5H6N2O4S. The second kappa shape index (κ2) is 2.59. The zero-order valence-electron chi connectivity index (χ0n) is 6.10. The molecule has 0 fully saturated rings. The van der Waals surface area contributed by atoms with Crippen LogP contribution in [0.4, 0.5) is 0 Å². The van der Waals surface area contributed by atoms with E-state index in [0.29, 0.717) is 0 Å². The minimum Gasteiger partial charge on any atom is -0.477 e. The molecule has 0 aliphatic heterocycles. The summed E-state index contributed by atoms with van der Waals surface area (Å²) in [6.45, 7) is 0. The molecule has 0 unspecified atom stereocenters. The van der Waals surface area contributed by atoms with Crippen molar-refractivity contribution >= 4 is 15.8 Å². The molecule has 66 valence electrons. The molecule has 0 saturated carbocycles. The summed E-state index contributed by atoms with van der Waals surface area (Å²) in [7, 11) is -3.42. The summed E-state index contributed by atoms with van der Waals surface area (Å²) in [5, 5.41) is 13.5. The van der Waals surface area contributed by atoms with Crippen LogP contribution in [0.15, 0.2) is 11.1 Å². The summed E-state index contributed by atoms with van der Waals surface area (Å²) < 4.78 is 21.6. The molecule has 0 bridgehead atoms. The molecule has 0 radical (unpaired) electrons. The molecule has 0 saturated heterocycles. The number of aromatic carboxylic acids is 1. The first kappa shape index (κ1) is 8.72. The Bertz CT molecular complexity index is 405. The number of hydrogen-bond acceptors (Lipinski definition) is 4. The van der Waals surface area contributed by atoms with E-state index < -0.39 is 15.8 Å². The fourth-order valence-corrected chi connectivity index (χ4v) is 1.15. The fraction of sp³-hybridized carbons (Fsp3) is 0.200. The zero-order valence-corrected chi connectivity index (χ0v) is 6.92. The van der Waals surface area contributed by atoms with Gasteiger partial charge in [-0.2, -0.15) is 5.10 Å². The minimum atomic E-state index is -3.42. The second-order valence-corrected chi connectivity index (χ2v) is 4.16. The zero-order chi connectivity index (χ0) is 9.35. The third-order valence-corrected chi connectivity index (χ3v) is 2.13. The van der Waals surface area contributed by atoms with Gasteiger partial charge in [-0.15, -0.1) is 0 Å². The molecule has 1 aromatic heterocycles. The van der Waals surface area contributed by atoms with Crippen molar-refractivity contribution in [3.05, 3.63) is 11.8 Å². The smallest absolute Gasteiger partial charge is 0.353 e. The molecule has 1 rings (SSSR count). The van der Waals surface area contributed by atoms with Gasteiger partial charge in [0.2, 0.25) is 0 Å². The average molecular weight is 190 g/mol. The molecule has 0 aliphatic rings. The summed E-state index contributed by atoms with van der Waals surface area (Å²) in [6.07, 6.45) is 0.953. The molecule has 1 heterocycles. The van der Waals surface area contributed by atoms with Gasteiger partial charge in [0.25, 0.3) is 0 Å². The maximum Gasteiger partial charge on any atom is 0.353 e. The number of carbonyl (C=O) groups is 1. The Balaban J connectivity index is 3.17. The van der Waals surface area contributed by atoms with Crippen LogP contribution in [0.25, 0.3) is 0 Å². The van der Waals surface area contributed by atoms with Gasteiger partial charge in [0.05, 0.1) is 0 Å². The summed E-state index contributed by atoms with van der Waals surface area (Å²) >= 11 is 0. The molecule has 1 aromatic rings. The topological polar surface area (TPSA) is 100 Å². The van der Waals surface area contributed by atoms with E-state index in [0.717, 1.165) is 12.3 Å². The van der Waals surface area contributed by atoms with Crippen LogP contribution in [0.3, 0.4) is 0 Å². The molecular weight excluding hydrogens is 184 g/mol. The summed E-state index contributed by atoms with van der Waals surface area (Å²) in [5.41, 5.74) is -0.240. The fourth-order valence-electron chi connectivity index (χ4n) is 0.603. The molecule has 2 N–H and O–H groups in total. The third-order valence-electron chi connectivity index (χ3n) is 1.16. The minimum absolute atomic E-state index is 0.240. The first-order valence-electron chi connectivity index (χ1n) is 2.90. The van der Waals surface area contributed by atoms with Gasteiger partial charge >= 0.3 is 5.97 Å². The molecule has 0 aromatic carbocycles. The standard InChI is InChI=1S/C5H6N2O4S/c1-12(10,11)4-2-3(5(8)9)6-7-4/h2H,1H3,(H,6,7)(H,8,9). The highest BCUT2D eigenvalue weighted by atomic mass is 32.2. The van der Waals surface area contributed by atoms with Crippen molar-refractivity contribution in [2.45, 2.75) is 5.03 Å². The Morgan fingerprint density at radius 1 is 1.67 bits per heavy atom. The van der Waals surface area contributed by atoms with Gasteiger partial charge in [-0.25, -0.2) is 13.2 Å². The third kappa shape index (κ3) is 1.62. The highest BCUT2D eigenvalue weighted by molar-refractivity contribution is 7.90. The Morgan fingerprint density at radius 3 is 2.50 bits per heavy atom. The molecule has 6 nitrogen and oxygen atoms in total. The number of carboxylic acids is 1. The highest BCUT2D eigenvalue weighted by Gasteiger charge is 2.14. The lowest BCUT2D eigenvalue weighted by molar-refractivity contribution is 0.0690. The van der Waals surface area contributed by atoms with Gasteiger partial charge in [0.15, 0.2) is 14.9 Å². The van der Waals surface area contributed by atoms with Crippen LogP contribution in [-0.2, 0) is 9.84 Å². The van der Waals surface area contributed by atoms with Gasteiger partial charge < -0.3 is 5.11 Å². The highest BCUT2D eigenvalue weighted by Crippen LogP contribution is 2.05. The number of hydrogen-bond donors (Lipinski definition) is 2. The van der Waals surface area contributed by atoms with E-state index in [1.807, 2.05) is 0 Å². The second-order valence-electron chi connectivity index (χ2n) is 2.20. The van der Waals surface area contributed by atoms with Crippen LogP contribution in [0.5, 0.6) is 0 Å². The van der Waals surface area contributed by atoms with Crippen molar-refractivity contribution in [2.24, 2.45) is 0 Å². The van der Waals surface area contributed by atoms with Crippen LogP contribution >= 0.6 is 0 Å². The molecule has 0 amide bonds. The predicted molar refractivity (Wildman–Crippen MR) is 38.7 cm³/mol. The average Bonchev–Trinajstić information content (AvgIpc) is 2.30. The Hall–Kier alpha value is -1.37. The van der Waals surface area contributed by atoms with Gasteiger partial charge in [0, 0.05) is 12.3 Å². The molecule has 7 heteroatoms. The number of nitrogens with zero attached hydrogens (tertiary/aromatic N) is 1. The van der Waals surface area contributed by atoms with E-state index in [-0.39, 0.29) is 10.7 Å². The van der Waals surface area contributed by atoms with E-state index in [1.54, 1.807) is 0 Å². The first-order chi connectivity index (χ1) is 5.41. The quantitative estimate of drug-likeness (QED) is 0.655. The van der Waals surface area contributed by atoms with Crippen LogP contribution in [-0.4, -0.2) is 35.9 Å². The Kier molecular flexibility index (Phi) is 1.89. The van der Waals surface area contributed by atoms with Crippen LogP contribution in [0.1, 0.15) is 10.5 Å². The van der Waals surface area contributed by atoms with Gasteiger partial charge in [-0.05, 0) is 0 Å².